The summed E-state index contributed by atoms with van der Waals surface area (Å²) in [6.45, 7) is 1.72. The molecule has 0 saturated carbocycles. The van der Waals surface area contributed by atoms with Gasteiger partial charge in [0.25, 0.3) is 11.6 Å². The van der Waals surface area contributed by atoms with Gasteiger partial charge >= 0.3 is 0 Å². The van der Waals surface area contributed by atoms with Gasteiger partial charge in [0.05, 0.1) is 27.5 Å². The fourth-order valence-electron chi connectivity index (χ4n) is 3.03. The maximum absolute atomic E-state index is 12.8. The zero-order valence-electron chi connectivity index (χ0n) is 15.2. The number of nitrogens with zero attached hydrogens (tertiary/aromatic N) is 3. The Morgan fingerprint density at radius 2 is 1.93 bits per heavy atom. The predicted molar refractivity (Wildman–Crippen MR) is 111 cm³/mol. The average molecular weight is 408 g/mol. The molecule has 7 nitrogen and oxygen atoms in total. The van der Waals surface area contributed by atoms with Gasteiger partial charge < -0.3 is 4.42 Å². The Morgan fingerprint density at radius 3 is 2.69 bits per heavy atom. The van der Waals surface area contributed by atoms with Gasteiger partial charge in [0.15, 0.2) is 0 Å². The number of hydrazone groups is 1. The zero-order valence-corrected chi connectivity index (χ0v) is 16.0. The summed E-state index contributed by atoms with van der Waals surface area (Å²) >= 11 is 6.01. The van der Waals surface area contributed by atoms with Crippen molar-refractivity contribution in [3.05, 3.63) is 87.1 Å². The van der Waals surface area contributed by atoms with Crippen molar-refractivity contribution >= 4 is 40.7 Å². The molecule has 2 aromatic carbocycles. The highest BCUT2D eigenvalue weighted by atomic mass is 35.5. The van der Waals surface area contributed by atoms with Crippen molar-refractivity contribution in [2.75, 3.05) is 5.01 Å². The van der Waals surface area contributed by atoms with Crippen LogP contribution < -0.4 is 5.01 Å². The van der Waals surface area contributed by atoms with Gasteiger partial charge in [-0.15, -0.1) is 0 Å². The van der Waals surface area contributed by atoms with E-state index in [1.165, 1.54) is 11.1 Å². The molecule has 144 valence electrons. The van der Waals surface area contributed by atoms with Gasteiger partial charge in [0.2, 0.25) is 0 Å². The Balaban J connectivity index is 1.66. The standard InChI is InChI=1S/C21H14ClN3O4/c1-13-18(21(26)24(23-13)15-6-4-5-14(22)11-15)12-16-9-10-20(29-16)17-7-2-3-8-19(17)25(27)28/h2-12H,1H3/b18-12-. The van der Waals surface area contributed by atoms with E-state index in [1.807, 2.05) is 0 Å². The normalized spacial score (nSPS) is 15.1. The Morgan fingerprint density at radius 1 is 1.14 bits per heavy atom. The Hall–Kier alpha value is -3.71. The lowest BCUT2D eigenvalue weighted by atomic mass is 10.1. The second-order valence-electron chi connectivity index (χ2n) is 6.32. The van der Waals surface area contributed by atoms with Crippen molar-refractivity contribution in [2.24, 2.45) is 5.10 Å². The number of nitro groups is 1. The van der Waals surface area contributed by atoms with E-state index in [1.54, 1.807) is 67.6 Å². The van der Waals surface area contributed by atoms with Gasteiger partial charge in [-0.25, -0.2) is 0 Å². The zero-order chi connectivity index (χ0) is 20.5. The van der Waals surface area contributed by atoms with Crippen LogP contribution in [0.3, 0.4) is 0 Å². The second-order valence-corrected chi connectivity index (χ2v) is 6.75. The summed E-state index contributed by atoms with van der Waals surface area (Å²) < 4.78 is 5.75. The van der Waals surface area contributed by atoms with Crippen LogP contribution in [0.2, 0.25) is 5.02 Å². The number of furan rings is 1. The predicted octanol–water partition coefficient (Wildman–Crippen LogP) is 5.31. The summed E-state index contributed by atoms with van der Waals surface area (Å²) in [7, 11) is 0. The quantitative estimate of drug-likeness (QED) is 0.333. The van der Waals surface area contributed by atoms with E-state index in [-0.39, 0.29) is 11.6 Å². The highest BCUT2D eigenvalue weighted by molar-refractivity contribution is 6.33. The molecule has 3 aromatic rings. The average Bonchev–Trinajstić information content (AvgIpc) is 3.28. The van der Waals surface area contributed by atoms with Gasteiger partial charge in [-0.3, -0.25) is 14.9 Å². The number of anilines is 1. The lowest BCUT2D eigenvalue weighted by Crippen LogP contribution is -2.21. The number of hydrogen-bond acceptors (Lipinski definition) is 5. The number of carbonyl (C=O) groups is 1. The summed E-state index contributed by atoms with van der Waals surface area (Å²) in [6, 6.07) is 16.4. The number of carbonyl (C=O) groups excluding carboxylic acids is 1. The minimum Gasteiger partial charge on any atom is -0.456 e. The van der Waals surface area contributed by atoms with Crippen LogP contribution in [0.15, 0.2) is 75.8 Å². The largest absolute Gasteiger partial charge is 0.456 e. The first-order valence-electron chi connectivity index (χ1n) is 8.65. The molecule has 1 aromatic heterocycles. The molecule has 0 saturated heterocycles. The number of nitro benzene ring substituents is 1. The molecular weight excluding hydrogens is 394 g/mol. The maximum atomic E-state index is 12.8. The van der Waals surface area contributed by atoms with Crippen LogP contribution in [0.5, 0.6) is 0 Å². The summed E-state index contributed by atoms with van der Waals surface area (Å²) in [4.78, 5) is 23.6. The minimum atomic E-state index is -0.462. The number of para-hydroxylation sites is 1. The third-order valence-corrected chi connectivity index (χ3v) is 4.63. The number of amides is 1. The topological polar surface area (TPSA) is 89.0 Å². The van der Waals surface area contributed by atoms with Crippen LogP contribution in [-0.4, -0.2) is 16.5 Å². The first-order chi connectivity index (χ1) is 13.9. The number of hydrogen-bond donors (Lipinski definition) is 0. The summed E-state index contributed by atoms with van der Waals surface area (Å²) in [5, 5.41) is 17.3. The first kappa shape index (κ1) is 18.6. The van der Waals surface area contributed by atoms with Crippen molar-refractivity contribution in [3.8, 4) is 11.3 Å². The van der Waals surface area contributed by atoms with Crippen LogP contribution in [0.25, 0.3) is 17.4 Å². The smallest absolute Gasteiger partial charge is 0.280 e. The lowest BCUT2D eigenvalue weighted by molar-refractivity contribution is -0.384. The second kappa shape index (κ2) is 7.37. The van der Waals surface area contributed by atoms with E-state index >= 15 is 0 Å². The fraction of sp³-hybridized carbons (Fsp3) is 0.0476. The molecule has 0 spiro atoms. The molecule has 4 rings (SSSR count). The van der Waals surface area contributed by atoms with Gasteiger partial charge in [0.1, 0.15) is 11.5 Å². The molecule has 1 aliphatic heterocycles. The van der Waals surface area contributed by atoms with Gasteiger partial charge in [-0.05, 0) is 49.4 Å². The number of rotatable bonds is 4. The summed E-state index contributed by atoms with van der Waals surface area (Å²) in [5.74, 6) is 0.424. The lowest BCUT2D eigenvalue weighted by Gasteiger charge is -2.11. The van der Waals surface area contributed by atoms with Gasteiger partial charge in [-0.2, -0.15) is 10.1 Å². The third kappa shape index (κ3) is 3.55. The highest BCUT2D eigenvalue weighted by Crippen LogP contribution is 2.32. The molecule has 0 fully saturated rings. The van der Waals surface area contributed by atoms with Crippen molar-refractivity contribution in [3.63, 3.8) is 0 Å². The minimum absolute atomic E-state index is 0.0529. The SMILES string of the molecule is CC1=NN(c2cccc(Cl)c2)C(=O)/C1=C\c1ccc(-c2ccccc2[N+](=O)[O-])o1. The van der Waals surface area contributed by atoms with Gasteiger partial charge in [0, 0.05) is 11.1 Å². The van der Waals surface area contributed by atoms with E-state index in [4.69, 9.17) is 16.0 Å². The Kier molecular flexibility index (Phi) is 4.74. The van der Waals surface area contributed by atoms with Crippen LogP contribution in [0, 0.1) is 10.1 Å². The molecule has 0 unspecified atom stereocenters. The molecule has 0 aliphatic carbocycles. The van der Waals surface area contributed by atoms with Crippen molar-refractivity contribution < 1.29 is 14.1 Å². The molecule has 0 atom stereocenters. The number of benzene rings is 2. The Labute approximate surface area is 170 Å². The molecule has 29 heavy (non-hydrogen) atoms. The Bertz CT molecular complexity index is 1200. The summed E-state index contributed by atoms with van der Waals surface area (Å²) in [6.07, 6.45) is 1.57. The van der Waals surface area contributed by atoms with E-state index in [0.29, 0.717) is 39.1 Å². The molecule has 1 amide bonds. The molecule has 0 bridgehead atoms. The molecular formula is C21H14ClN3O4. The molecule has 8 heteroatoms. The van der Waals surface area contributed by atoms with Gasteiger partial charge in [-0.1, -0.05) is 29.8 Å². The summed E-state index contributed by atoms with van der Waals surface area (Å²) in [5.41, 5.74) is 1.77. The molecule has 2 heterocycles. The van der Waals surface area contributed by atoms with Crippen LogP contribution in [-0.2, 0) is 4.79 Å². The maximum Gasteiger partial charge on any atom is 0.280 e. The first-order valence-corrected chi connectivity index (χ1v) is 9.03. The third-order valence-electron chi connectivity index (χ3n) is 4.39. The van der Waals surface area contributed by atoms with E-state index < -0.39 is 4.92 Å². The fourth-order valence-corrected chi connectivity index (χ4v) is 3.21. The highest BCUT2D eigenvalue weighted by Gasteiger charge is 2.29. The van der Waals surface area contributed by atoms with Crippen LogP contribution in [0.4, 0.5) is 11.4 Å². The van der Waals surface area contributed by atoms with E-state index in [9.17, 15) is 14.9 Å². The molecule has 0 N–H and O–H groups in total. The van der Waals surface area contributed by atoms with Crippen molar-refractivity contribution in [1.82, 2.24) is 0 Å². The monoisotopic (exact) mass is 407 g/mol. The number of halogens is 1. The van der Waals surface area contributed by atoms with Crippen molar-refractivity contribution in [2.45, 2.75) is 6.92 Å². The van der Waals surface area contributed by atoms with Crippen LogP contribution in [0.1, 0.15) is 12.7 Å². The molecule has 1 aliphatic rings. The van der Waals surface area contributed by atoms with E-state index in [0.717, 1.165) is 0 Å². The van der Waals surface area contributed by atoms with E-state index in [2.05, 4.69) is 5.10 Å². The van der Waals surface area contributed by atoms with Crippen LogP contribution >= 0.6 is 11.6 Å². The van der Waals surface area contributed by atoms with Crippen molar-refractivity contribution in [1.29, 1.82) is 0 Å². The molecule has 0 radical (unpaired) electrons.